The maximum atomic E-state index is 9.43. The average Bonchev–Trinajstić information content (AvgIpc) is 2.26. The lowest BCUT2D eigenvalue weighted by atomic mass is 9.98. The number of fused-ring (bicyclic) bond motifs is 2. The van der Waals surface area contributed by atoms with Crippen molar-refractivity contribution in [2.75, 3.05) is 19.8 Å². The van der Waals surface area contributed by atoms with E-state index in [2.05, 4.69) is 5.32 Å². The predicted molar refractivity (Wildman–Crippen MR) is 54.0 cm³/mol. The van der Waals surface area contributed by atoms with Crippen molar-refractivity contribution in [1.29, 1.82) is 0 Å². The lowest BCUT2D eigenvalue weighted by molar-refractivity contribution is 0.0667. The van der Waals surface area contributed by atoms with Gasteiger partial charge in [0.25, 0.3) is 0 Å². The van der Waals surface area contributed by atoms with E-state index in [1.807, 2.05) is 18.2 Å². The Kier molecular flexibility index (Phi) is 2.04. The molecule has 1 aliphatic carbocycles. The summed E-state index contributed by atoms with van der Waals surface area (Å²) in [5.41, 5.74) is 1.99. The van der Waals surface area contributed by atoms with Crippen molar-refractivity contribution >= 4 is 0 Å². The van der Waals surface area contributed by atoms with E-state index in [4.69, 9.17) is 9.47 Å². The summed E-state index contributed by atoms with van der Waals surface area (Å²) in [6, 6.07) is 0. The molecular weight excluding hydrogens is 194 g/mol. The lowest BCUT2D eigenvalue weighted by Crippen LogP contribution is -2.37. The first-order valence-corrected chi connectivity index (χ1v) is 5.15. The molecule has 1 saturated heterocycles. The van der Waals surface area contributed by atoms with E-state index in [1.54, 1.807) is 0 Å². The molecule has 0 radical (unpaired) electrons. The molecule has 2 heterocycles. The van der Waals surface area contributed by atoms with Gasteiger partial charge in [-0.2, -0.15) is 0 Å². The average molecular weight is 207 g/mol. The number of hydrogen-bond acceptors (Lipinski definition) is 4. The van der Waals surface area contributed by atoms with Crippen molar-refractivity contribution in [3.05, 3.63) is 35.3 Å². The van der Waals surface area contributed by atoms with Gasteiger partial charge in [0, 0.05) is 17.8 Å². The molecule has 4 heteroatoms. The summed E-state index contributed by atoms with van der Waals surface area (Å²) in [5, 5.41) is 12.7. The fourth-order valence-corrected chi connectivity index (χ4v) is 2.01. The summed E-state index contributed by atoms with van der Waals surface area (Å²) in [6.45, 7) is 1.88. The number of morpholine rings is 1. The molecule has 2 aliphatic heterocycles. The number of aliphatic hydroxyl groups is 1. The zero-order chi connectivity index (χ0) is 10.3. The second-order valence-corrected chi connectivity index (χ2v) is 3.85. The third-order valence-corrected chi connectivity index (χ3v) is 2.71. The number of aliphatic hydroxyl groups excluding tert-OH is 1. The molecule has 0 bridgehead atoms. The Morgan fingerprint density at radius 3 is 3.27 bits per heavy atom. The molecule has 0 aromatic heterocycles. The predicted octanol–water partition coefficient (Wildman–Crippen LogP) is 0.0737. The topological polar surface area (TPSA) is 50.7 Å². The Hall–Kier alpha value is -1.26. The minimum Gasteiger partial charge on any atom is -0.490 e. The van der Waals surface area contributed by atoms with Crippen LogP contribution in [0.1, 0.15) is 0 Å². The van der Waals surface area contributed by atoms with Crippen LogP contribution in [0.5, 0.6) is 0 Å². The van der Waals surface area contributed by atoms with Crippen LogP contribution in [0.2, 0.25) is 0 Å². The van der Waals surface area contributed by atoms with Gasteiger partial charge in [-0.25, -0.2) is 0 Å². The minimum absolute atomic E-state index is 0.0128. The van der Waals surface area contributed by atoms with Crippen molar-refractivity contribution in [3.8, 4) is 0 Å². The van der Waals surface area contributed by atoms with E-state index in [-0.39, 0.29) is 6.10 Å². The molecule has 1 fully saturated rings. The fraction of sp³-hybridized carbons (Fsp3) is 0.455. The minimum atomic E-state index is -0.505. The second-order valence-electron chi connectivity index (χ2n) is 3.85. The van der Waals surface area contributed by atoms with Crippen molar-refractivity contribution in [2.45, 2.75) is 12.2 Å². The third-order valence-electron chi connectivity index (χ3n) is 2.71. The molecular formula is C11H13NO3. The van der Waals surface area contributed by atoms with Gasteiger partial charge in [0.15, 0.2) is 0 Å². The van der Waals surface area contributed by atoms with Crippen molar-refractivity contribution in [3.63, 3.8) is 0 Å². The van der Waals surface area contributed by atoms with E-state index in [9.17, 15) is 5.11 Å². The summed E-state index contributed by atoms with van der Waals surface area (Å²) in [6.07, 6.45) is 5.24. The largest absolute Gasteiger partial charge is 0.490 e. The first-order chi connectivity index (χ1) is 7.33. The van der Waals surface area contributed by atoms with Crippen molar-refractivity contribution in [2.24, 2.45) is 0 Å². The zero-order valence-electron chi connectivity index (χ0n) is 8.27. The van der Waals surface area contributed by atoms with Gasteiger partial charge in [0.2, 0.25) is 0 Å². The Morgan fingerprint density at radius 2 is 2.33 bits per heavy atom. The van der Waals surface area contributed by atoms with E-state index >= 15 is 0 Å². The second kappa shape index (κ2) is 3.40. The van der Waals surface area contributed by atoms with E-state index in [0.717, 1.165) is 23.6 Å². The molecule has 0 aromatic rings. The summed E-state index contributed by atoms with van der Waals surface area (Å²) < 4.78 is 11.0. The Balaban J connectivity index is 1.95. The first-order valence-electron chi connectivity index (χ1n) is 5.15. The van der Waals surface area contributed by atoms with E-state index in [0.29, 0.717) is 13.2 Å². The third kappa shape index (κ3) is 1.56. The highest BCUT2D eigenvalue weighted by molar-refractivity contribution is 5.46. The number of rotatable bonds is 0. The molecule has 0 amide bonds. The molecule has 2 unspecified atom stereocenters. The molecule has 0 saturated carbocycles. The molecule has 3 aliphatic rings. The number of ether oxygens (including phenoxy) is 2. The van der Waals surface area contributed by atoms with Crippen LogP contribution in [0.4, 0.5) is 0 Å². The van der Waals surface area contributed by atoms with Gasteiger partial charge in [-0.3, -0.25) is 0 Å². The smallest absolute Gasteiger partial charge is 0.125 e. The van der Waals surface area contributed by atoms with Crippen LogP contribution in [0.3, 0.4) is 0 Å². The molecule has 0 aromatic carbocycles. The number of nitrogens with one attached hydrogen (secondary N) is 1. The number of allylic oxidation sites excluding steroid dienone is 1. The maximum Gasteiger partial charge on any atom is 0.125 e. The van der Waals surface area contributed by atoms with Crippen molar-refractivity contribution < 1.29 is 14.6 Å². The molecule has 0 spiro atoms. The standard InChI is InChI=1S/C11H13NO3/c13-8-3-7-4-9-11(14-2-1-12-9)5-10(7)15-6-8/h3-5,8,11-13H,1-2,6H2. The highest BCUT2D eigenvalue weighted by atomic mass is 16.5. The Bertz CT molecular complexity index is 370. The summed E-state index contributed by atoms with van der Waals surface area (Å²) in [7, 11) is 0. The van der Waals surface area contributed by atoms with Crippen LogP contribution >= 0.6 is 0 Å². The van der Waals surface area contributed by atoms with E-state index in [1.165, 1.54) is 0 Å². The van der Waals surface area contributed by atoms with Crippen LogP contribution in [-0.2, 0) is 9.47 Å². The highest BCUT2D eigenvalue weighted by Gasteiger charge is 2.26. The zero-order valence-corrected chi connectivity index (χ0v) is 8.27. The van der Waals surface area contributed by atoms with Gasteiger partial charge in [-0.1, -0.05) is 0 Å². The molecule has 2 N–H and O–H groups in total. The van der Waals surface area contributed by atoms with Gasteiger partial charge < -0.3 is 19.9 Å². The Labute approximate surface area is 87.9 Å². The molecule has 15 heavy (non-hydrogen) atoms. The SMILES string of the molecule is OC1C=C2C=C3NCCOC3C=C2OC1. The molecule has 2 atom stereocenters. The summed E-state index contributed by atoms with van der Waals surface area (Å²) in [5.74, 6) is 0.817. The fourth-order valence-electron chi connectivity index (χ4n) is 2.01. The van der Waals surface area contributed by atoms with Gasteiger partial charge in [-0.15, -0.1) is 0 Å². The maximum absolute atomic E-state index is 9.43. The van der Waals surface area contributed by atoms with Crippen LogP contribution < -0.4 is 5.32 Å². The Morgan fingerprint density at radius 1 is 1.40 bits per heavy atom. The first kappa shape index (κ1) is 9.00. The normalized spacial score (nSPS) is 33.5. The van der Waals surface area contributed by atoms with Crippen LogP contribution in [0, 0.1) is 0 Å². The molecule has 3 rings (SSSR count). The van der Waals surface area contributed by atoms with Crippen LogP contribution in [0.25, 0.3) is 0 Å². The van der Waals surface area contributed by atoms with Crippen LogP contribution in [0.15, 0.2) is 35.3 Å². The quantitative estimate of drug-likeness (QED) is 0.590. The van der Waals surface area contributed by atoms with Gasteiger partial charge in [0.1, 0.15) is 24.6 Å². The highest BCUT2D eigenvalue weighted by Crippen LogP contribution is 2.28. The molecule has 4 nitrogen and oxygen atoms in total. The van der Waals surface area contributed by atoms with Gasteiger partial charge in [0.05, 0.1) is 6.61 Å². The monoisotopic (exact) mass is 207 g/mol. The van der Waals surface area contributed by atoms with E-state index < -0.39 is 6.10 Å². The lowest BCUT2D eigenvalue weighted by Gasteiger charge is -2.31. The number of hydrogen-bond donors (Lipinski definition) is 2. The van der Waals surface area contributed by atoms with Gasteiger partial charge in [-0.05, 0) is 18.2 Å². The molecule has 80 valence electrons. The van der Waals surface area contributed by atoms with Crippen molar-refractivity contribution in [1.82, 2.24) is 5.32 Å². The van der Waals surface area contributed by atoms with Gasteiger partial charge >= 0.3 is 0 Å². The summed E-state index contributed by atoms with van der Waals surface area (Å²) in [4.78, 5) is 0. The summed E-state index contributed by atoms with van der Waals surface area (Å²) >= 11 is 0. The van der Waals surface area contributed by atoms with Crippen LogP contribution in [-0.4, -0.2) is 37.1 Å².